The predicted octanol–water partition coefficient (Wildman–Crippen LogP) is 3.42. The number of carboxylic acids is 1. The largest absolute Gasteiger partial charge is 0.478 e. The first-order valence-electron chi connectivity index (χ1n) is 6.82. The Balaban J connectivity index is 1.99. The zero-order valence-electron chi connectivity index (χ0n) is 11.1. The Morgan fingerprint density at radius 3 is 2.60 bits per heavy atom. The second-order valence-corrected chi connectivity index (χ2v) is 4.95. The summed E-state index contributed by atoms with van der Waals surface area (Å²) in [7, 11) is 0. The van der Waals surface area contributed by atoms with Gasteiger partial charge in [-0.05, 0) is 31.7 Å². The van der Waals surface area contributed by atoms with Gasteiger partial charge in [0.25, 0.3) is 0 Å². The van der Waals surface area contributed by atoms with E-state index in [0.29, 0.717) is 12.0 Å². The topological polar surface area (TPSA) is 55.1 Å². The van der Waals surface area contributed by atoms with Crippen LogP contribution in [0.3, 0.4) is 0 Å². The van der Waals surface area contributed by atoms with Crippen molar-refractivity contribution >= 4 is 11.7 Å². The van der Waals surface area contributed by atoms with E-state index in [0.717, 1.165) is 36.2 Å². The minimum absolute atomic E-state index is 0.499. The molecule has 2 aromatic rings. The van der Waals surface area contributed by atoms with Crippen LogP contribution in [0.5, 0.6) is 0 Å². The highest BCUT2D eigenvalue weighted by molar-refractivity contribution is 5.93. The molecule has 3 rings (SSSR count). The van der Waals surface area contributed by atoms with Crippen molar-refractivity contribution in [3.05, 3.63) is 48.2 Å². The lowest BCUT2D eigenvalue weighted by Gasteiger charge is -2.17. The number of hydrogen-bond acceptors (Lipinski definition) is 2. The molecule has 0 amide bonds. The van der Waals surface area contributed by atoms with Gasteiger partial charge in [-0.2, -0.15) is 5.10 Å². The molecule has 0 saturated heterocycles. The summed E-state index contributed by atoms with van der Waals surface area (Å²) in [6.45, 7) is 0. The molecule has 4 heteroatoms. The predicted molar refractivity (Wildman–Crippen MR) is 77.0 cm³/mol. The van der Waals surface area contributed by atoms with Crippen molar-refractivity contribution in [3.8, 4) is 11.3 Å². The number of hydrogen-bond donors (Lipinski definition) is 1. The SMILES string of the molecule is O=C(O)C1=C(n2ccc(-c3ccccc3)n2)CCCC1. The van der Waals surface area contributed by atoms with Crippen LogP contribution in [0.2, 0.25) is 0 Å². The van der Waals surface area contributed by atoms with E-state index >= 15 is 0 Å². The number of carbonyl (C=O) groups is 1. The van der Waals surface area contributed by atoms with Crippen LogP contribution >= 0.6 is 0 Å². The molecule has 0 bridgehead atoms. The van der Waals surface area contributed by atoms with Crippen LogP contribution < -0.4 is 0 Å². The van der Waals surface area contributed by atoms with Crippen LogP contribution in [-0.4, -0.2) is 20.9 Å². The molecule has 1 N–H and O–H groups in total. The summed E-state index contributed by atoms with van der Waals surface area (Å²) < 4.78 is 1.73. The number of allylic oxidation sites excluding steroid dienone is 1. The highest BCUT2D eigenvalue weighted by Crippen LogP contribution is 2.29. The number of nitrogens with zero attached hydrogens (tertiary/aromatic N) is 2. The van der Waals surface area contributed by atoms with Crippen LogP contribution in [0.25, 0.3) is 17.0 Å². The summed E-state index contributed by atoms with van der Waals surface area (Å²) in [5.41, 5.74) is 3.23. The highest BCUT2D eigenvalue weighted by Gasteiger charge is 2.20. The van der Waals surface area contributed by atoms with Gasteiger partial charge in [0.05, 0.1) is 17.0 Å². The Morgan fingerprint density at radius 2 is 1.85 bits per heavy atom. The van der Waals surface area contributed by atoms with E-state index in [2.05, 4.69) is 5.10 Å². The molecule has 1 aromatic carbocycles. The first kappa shape index (κ1) is 12.7. The zero-order chi connectivity index (χ0) is 13.9. The first-order valence-corrected chi connectivity index (χ1v) is 6.82. The Hall–Kier alpha value is -2.36. The van der Waals surface area contributed by atoms with Gasteiger partial charge in [-0.1, -0.05) is 30.3 Å². The zero-order valence-corrected chi connectivity index (χ0v) is 11.1. The molecule has 4 nitrogen and oxygen atoms in total. The molecule has 20 heavy (non-hydrogen) atoms. The summed E-state index contributed by atoms with van der Waals surface area (Å²) in [5, 5.41) is 13.8. The van der Waals surface area contributed by atoms with Gasteiger partial charge >= 0.3 is 5.97 Å². The second kappa shape index (κ2) is 5.33. The number of rotatable bonds is 3. The smallest absolute Gasteiger partial charge is 0.333 e. The third-order valence-corrected chi connectivity index (χ3v) is 3.63. The summed E-state index contributed by atoms with van der Waals surface area (Å²) in [6.07, 6.45) is 5.22. The molecular formula is C16H16N2O2. The molecule has 102 valence electrons. The van der Waals surface area contributed by atoms with E-state index in [1.165, 1.54) is 0 Å². The Bertz CT molecular complexity index is 656. The maximum absolute atomic E-state index is 11.3. The lowest BCUT2D eigenvalue weighted by molar-refractivity contribution is -0.132. The minimum Gasteiger partial charge on any atom is -0.478 e. The van der Waals surface area contributed by atoms with Gasteiger partial charge in [-0.25, -0.2) is 9.48 Å². The van der Waals surface area contributed by atoms with E-state index in [1.807, 2.05) is 42.6 Å². The fourth-order valence-electron chi connectivity index (χ4n) is 2.61. The molecule has 0 unspecified atom stereocenters. The van der Waals surface area contributed by atoms with Crippen molar-refractivity contribution in [1.29, 1.82) is 0 Å². The molecule has 1 aliphatic rings. The lowest BCUT2D eigenvalue weighted by atomic mass is 9.96. The first-order chi connectivity index (χ1) is 9.75. The summed E-state index contributed by atoms with van der Waals surface area (Å²) in [4.78, 5) is 11.3. The normalized spacial score (nSPS) is 15.4. The number of benzene rings is 1. The van der Waals surface area contributed by atoms with E-state index in [1.54, 1.807) is 4.68 Å². The van der Waals surface area contributed by atoms with Gasteiger partial charge in [0, 0.05) is 11.8 Å². The van der Waals surface area contributed by atoms with E-state index in [4.69, 9.17) is 0 Å². The third-order valence-electron chi connectivity index (χ3n) is 3.63. The molecule has 0 spiro atoms. The third kappa shape index (κ3) is 2.37. The summed E-state index contributed by atoms with van der Waals surface area (Å²) in [6, 6.07) is 11.8. The average molecular weight is 268 g/mol. The molecule has 0 atom stereocenters. The molecule has 1 aliphatic carbocycles. The fraction of sp³-hybridized carbons (Fsp3) is 0.250. The van der Waals surface area contributed by atoms with Crippen LogP contribution in [0, 0.1) is 0 Å². The number of carboxylic acid groups (broad SMARTS) is 1. The molecule has 1 heterocycles. The second-order valence-electron chi connectivity index (χ2n) is 4.95. The summed E-state index contributed by atoms with van der Waals surface area (Å²) >= 11 is 0. The highest BCUT2D eigenvalue weighted by atomic mass is 16.4. The van der Waals surface area contributed by atoms with Gasteiger partial charge < -0.3 is 5.11 Å². The molecule has 0 saturated carbocycles. The Kier molecular flexibility index (Phi) is 3.37. The number of aromatic nitrogens is 2. The van der Waals surface area contributed by atoms with E-state index < -0.39 is 5.97 Å². The molecular weight excluding hydrogens is 252 g/mol. The van der Waals surface area contributed by atoms with Crippen molar-refractivity contribution in [2.24, 2.45) is 0 Å². The maximum Gasteiger partial charge on any atom is 0.333 e. The maximum atomic E-state index is 11.3. The van der Waals surface area contributed by atoms with Crippen molar-refractivity contribution in [2.75, 3.05) is 0 Å². The standard InChI is InChI=1S/C16H16N2O2/c19-16(20)13-8-4-5-9-15(13)18-11-10-14(17-18)12-6-2-1-3-7-12/h1-3,6-7,10-11H,4-5,8-9H2,(H,19,20). The van der Waals surface area contributed by atoms with Crippen LogP contribution in [0.1, 0.15) is 25.7 Å². The quantitative estimate of drug-likeness (QED) is 0.928. The molecule has 1 aromatic heterocycles. The van der Waals surface area contributed by atoms with Gasteiger partial charge in [0.1, 0.15) is 0 Å². The number of aliphatic carboxylic acids is 1. The van der Waals surface area contributed by atoms with Crippen molar-refractivity contribution in [3.63, 3.8) is 0 Å². The Labute approximate surface area is 117 Å². The lowest BCUT2D eigenvalue weighted by Crippen LogP contribution is -2.13. The van der Waals surface area contributed by atoms with Crippen LogP contribution in [0.4, 0.5) is 0 Å². The van der Waals surface area contributed by atoms with E-state index in [9.17, 15) is 9.90 Å². The van der Waals surface area contributed by atoms with E-state index in [-0.39, 0.29) is 0 Å². The van der Waals surface area contributed by atoms with Crippen LogP contribution in [-0.2, 0) is 4.79 Å². The van der Waals surface area contributed by atoms with Gasteiger partial charge in [-0.3, -0.25) is 0 Å². The van der Waals surface area contributed by atoms with Crippen LogP contribution in [0.15, 0.2) is 48.2 Å². The molecule has 0 radical (unpaired) electrons. The molecule has 0 aliphatic heterocycles. The summed E-state index contributed by atoms with van der Waals surface area (Å²) in [5.74, 6) is -0.823. The van der Waals surface area contributed by atoms with Gasteiger partial charge in [0.15, 0.2) is 0 Å². The van der Waals surface area contributed by atoms with Crippen molar-refractivity contribution in [1.82, 2.24) is 9.78 Å². The van der Waals surface area contributed by atoms with Crippen molar-refractivity contribution in [2.45, 2.75) is 25.7 Å². The fourth-order valence-corrected chi connectivity index (χ4v) is 2.61. The van der Waals surface area contributed by atoms with Gasteiger partial charge in [-0.15, -0.1) is 0 Å². The van der Waals surface area contributed by atoms with Gasteiger partial charge in [0.2, 0.25) is 0 Å². The Morgan fingerprint density at radius 1 is 1.10 bits per heavy atom. The minimum atomic E-state index is -0.823. The average Bonchev–Trinajstić information content (AvgIpc) is 2.98. The molecule has 0 fully saturated rings. The van der Waals surface area contributed by atoms with Crippen molar-refractivity contribution < 1.29 is 9.90 Å². The monoisotopic (exact) mass is 268 g/mol.